The van der Waals surface area contributed by atoms with Crippen molar-refractivity contribution in [3.63, 3.8) is 0 Å². The van der Waals surface area contributed by atoms with Crippen molar-refractivity contribution in [3.05, 3.63) is 77.6 Å². The summed E-state index contributed by atoms with van der Waals surface area (Å²) < 4.78 is 25.7. The first-order valence-electron chi connectivity index (χ1n) is 10.9. The zero-order valence-electron chi connectivity index (χ0n) is 19.7. The van der Waals surface area contributed by atoms with Crippen LogP contribution in [0.2, 0.25) is 0 Å². The zero-order chi connectivity index (χ0) is 25.5. The van der Waals surface area contributed by atoms with Crippen molar-refractivity contribution < 1.29 is 18.7 Å². The van der Waals surface area contributed by atoms with E-state index in [-0.39, 0.29) is 17.5 Å². The molecule has 11 heteroatoms. The van der Waals surface area contributed by atoms with E-state index in [1.165, 1.54) is 35.2 Å². The average molecular weight is 526 g/mol. The number of amides is 1. The van der Waals surface area contributed by atoms with Gasteiger partial charge in [-0.05, 0) is 35.9 Å². The fourth-order valence-electron chi connectivity index (χ4n) is 3.41. The number of thiazole rings is 1. The fraction of sp³-hybridized carbons (Fsp3) is 0.200. The maximum absolute atomic E-state index is 13.1. The molecule has 2 aromatic carbocycles. The van der Waals surface area contributed by atoms with Gasteiger partial charge in [-0.25, -0.2) is 9.37 Å². The fourth-order valence-corrected chi connectivity index (χ4v) is 5.02. The van der Waals surface area contributed by atoms with Crippen molar-refractivity contribution in [2.75, 3.05) is 25.3 Å². The number of methoxy groups -OCH3 is 2. The van der Waals surface area contributed by atoms with Crippen LogP contribution in [0.3, 0.4) is 0 Å². The predicted molar refractivity (Wildman–Crippen MR) is 139 cm³/mol. The van der Waals surface area contributed by atoms with Gasteiger partial charge in [0, 0.05) is 29.6 Å². The minimum absolute atomic E-state index is 0.133. The van der Waals surface area contributed by atoms with Crippen molar-refractivity contribution in [2.45, 2.75) is 18.1 Å². The summed E-state index contributed by atoms with van der Waals surface area (Å²) in [6, 6.07) is 11.8. The number of ether oxygens (including phenoxy) is 2. The molecule has 4 aromatic rings. The van der Waals surface area contributed by atoms with E-state index in [1.807, 2.05) is 16.7 Å². The van der Waals surface area contributed by atoms with Crippen LogP contribution in [-0.4, -0.2) is 45.6 Å². The van der Waals surface area contributed by atoms with Crippen molar-refractivity contribution in [1.29, 1.82) is 0 Å². The molecule has 4 rings (SSSR count). The molecule has 0 saturated carbocycles. The summed E-state index contributed by atoms with van der Waals surface area (Å²) in [5.74, 6) is 1.49. The van der Waals surface area contributed by atoms with Crippen LogP contribution < -0.4 is 14.8 Å². The standard InChI is InChI=1S/C25H24FN5O3S2/c1-4-11-31-23(17-7-10-20(33-2)21(13-17)34-3)29-30-25(31)35-15-22(32)28-24-27-14-19(36-24)12-16-5-8-18(26)9-6-16/h4-10,13-14H,1,11-12,15H2,2-3H3,(H,27,28,32). The van der Waals surface area contributed by atoms with Crippen LogP contribution >= 0.6 is 23.1 Å². The van der Waals surface area contributed by atoms with Crippen molar-refractivity contribution in [3.8, 4) is 22.9 Å². The number of aromatic nitrogens is 4. The molecule has 0 bridgehead atoms. The number of nitrogens with one attached hydrogen (secondary N) is 1. The molecule has 0 aliphatic carbocycles. The Bertz CT molecular complexity index is 1350. The first kappa shape index (κ1) is 25.4. The summed E-state index contributed by atoms with van der Waals surface area (Å²) in [5.41, 5.74) is 1.77. The molecule has 0 saturated heterocycles. The van der Waals surface area contributed by atoms with E-state index in [0.29, 0.717) is 40.6 Å². The molecule has 186 valence electrons. The second-order valence-corrected chi connectivity index (χ2v) is 9.60. The minimum atomic E-state index is -0.270. The van der Waals surface area contributed by atoms with E-state index in [0.717, 1.165) is 16.0 Å². The molecule has 0 spiro atoms. The predicted octanol–water partition coefficient (Wildman–Crippen LogP) is 5.07. The SMILES string of the molecule is C=CCn1c(SCC(=O)Nc2ncc(Cc3ccc(F)cc3)s2)nnc1-c1ccc(OC)c(OC)c1. The molecule has 0 radical (unpaired) electrons. The number of thioether (sulfide) groups is 1. The lowest BCUT2D eigenvalue weighted by Crippen LogP contribution is -2.14. The Morgan fingerprint density at radius 1 is 1.17 bits per heavy atom. The van der Waals surface area contributed by atoms with Crippen molar-refractivity contribution in [1.82, 2.24) is 19.7 Å². The number of carbonyl (C=O) groups excluding carboxylic acids is 1. The molecule has 0 fully saturated rings. The summed E-state index contributed by atoms with van der Waals surface area (Å²) >= 11 is 2.66. The van der Waals surface area contributed by atoms with Gasteiger partial charge in [-0.1, -0.05) is 30.0 Å². The summed E-state index contributed by atoms with van der Waals surface area (Å²) in [5, 5.41) is 12.5. The third-order valence-electron chi connectivity index (χ3n) is 5.09. The van der Waals surface area contributed by atoms with Gasteiger partial charge in [0.15, 0.2) is 27.6 Å². The Morgan fingerprint density at radius 2 is 1.94 bits per heavy atom. The molecular formula is C25H24FN5O3S2. The van der Waals surface area contributed by atoms with E-state index in [4.69, 9.17) is 9.47 Å². The number of hydrogen-bond donors (Lipinski definition) is 1. The summed E-state index contributed by atoms with van der Waals surface area (Å²) in [4.78, 5) is 17.8. The van der Waals surface area contributed by atoms with Crippen LogP contribution in [0.5, 0.6) is 11.5 Å². The highest BCUT2D eigenvalue weighted by Crippen LogP contribution is 2.33. The minimum Gasteiger partial charge on any atom is -0.493 e. The van der Waals surface area contributed by atoms with Crippen LogP contribution in [0.1, 0.15) is 10.4 Å². The smallest absolute Gasteiger partial charge is 0.236 e. The Hall–Kier alpha value is -3.70. The molecule has 0 unspecified atom stereocenters. The number of hydrogen-bond acceptors (Lipinski definition) is 8. The van der Waals surface area contributed by atoms with E-state index < -0.39 is 0 Å². The molecule has 0 aliphatic rings. The number of carbonyl (C=O) groups is 1. The van der Waals surface area contributed by atoms with Gasteiger partial charge in [0.05, 0.1) is 20.0 Å². The number of halogens is 1. The Labute approximate surface area is 216 Å². The van der Waals surface area contributed by atoms with Crippen molar-refractivity contribution in [2.24, 2.45) is 0 Å². The second kappa shape index (κ2) is 11.8. The van der Waals surface area contributed by atoms with Crippen LogP contribution in [-0.2, 0) is 17.8 Å². The molecule has 1 N–H and O–H groups in total. The van der Waals surface area contributed by atoms with Gasteiger partial charge in [-0.15, -0.1) is 28.1 Å². The summed E-state index contributed by atoms with van der Waals surface area (Å²) in [6.07, 6.45) is 4.08. The maximum Gasteiger partial charge on any atom is 0.236 e. The van der Waals surface area contributed by atoms with Gasteiger partial charge in [-0.3, -0.25) is 9.36 Å². The molecule has 0 atom stereocenters. The summed E-state index contributed by atoms with van der Waals surface area (Å²) in [6.45, 7) is 4.30. The van der Waals surface area contributed by atoms with Crippen LogP contribution in [0.25, 0.3) is 11.4 Å². The highest BCUT2D eigenvalue weighted by molar-refractivity contribution is 7.99. The number of rotatable bonds is 11. The molecule has 1 amide bonds. The highest BCUT2D eigenvalue weighted by atomic mass is 32.2. The summed E-state index contributed by atoms with van der Waals surface area (Å²) in [7, 11) is 3.15. The largest absolute Gasteiger partial charge is 0.493 e. The lowest BCUT2D eigenvalue weighted by molar-refractivity contribution is -0.113. The van der Waals surface area contributed by atoms with Gasteiger partial charge in [0.2, 0.25) is 5.91 Å². The Kier molecular flexibility index (Phi) is 8.34. The molecule has 2 aromatic heterocycles. The second-order valence-electron chi connectivity index (χ2n) is 7.55. The average Bonchev–Trinajstić information content (AvgIpc) is 3.50. The molecule has 2 heterocycles. The van der Waals surface area contributed by atoms with E-state index in [9.17, 15) is 9.18 Å². The topological polar surface area (TPSA) is 91.2 Å². The lowest BCUT2D eigenvalue weighted by atomic mass is 10.1. The number of anilines is 1. The Morgan fingerprint density at radius 3 is 2.67 bits per heavy atom. The van der Waals surface area contributed by atoms with Gasteiger partial charge in [-0.2, -0.15) is 0 Å². The van der Waals surface area contributed by atoms with Crippen LogP contribution in [0.15, 0.2) is 66.5 Å². The number of allylic oxidation sites excluding steroid dienone is 1. The normalized spacial score (nSPS) is 10.8. The van der Waals surface area contributed by atoms with Crippen molar-refractivity contribution >= 4 is 34.1 Å². The Balaban J connectivity index is 1.40. The van der Waals surface area contributed by atoms with Gasteiger partial charge in [0.25, 0.3) is 0 Å². The maximum atomic E-state index is 13.1. The van der Waals surface area contributed by atoms with E-state index in [2.05, 4.69) is 27.1 Å². The van der Waals surface area contributed by atoms with E-state index >= 15 is 0 Å². The molecule has 36 heavy (non-hydrogen) atoms. The van der Waals surface area contributed by atoms with Crippen LogP contribution in [0.4, 0.5) is 9.52 Å². The van der Waals surface area contributed by atoms with Gasteiger partial charge in [0.1, 0.15) is 5.82 Å². The van der Waals surface area contributed by atoms with Crippen LogP contribution in [0, 0.1) is 5.82 Å². The molecule has 8 nitrogen and oxygen atoms in total. The highest BCUT2D eigenvalue weighted by Gasteiger charge is 2.17. The third-order valence-corrected chi connectivity index (χ3v) is 6.97. The number of benzene rings is 2. The monoisotopic (exact) mass is 525 g/mol. The zero-order valence-corrected chi connectivity index (χ0v) is 21.4. The number of nitrogens with zero attached hydrogens (tertiary/aromatic N) is 4. The van der Waals surface area contributed by atoms with E-state index in [1.54, 1.807) is 44.7 Å². The molecule has 0 aliphatic heterocycles. The lowest BCUT2D eigenvalue weighted by Gasteiger charge is -2.11. The first-order chi connectivity index (χ1) is 17.5. The van der Waals surface area contributed by atoms with Gasteiger partial charge >= 0.3 is 0 Å². The third kappa shape index (κ3) is 6.10. The van der Waals surface area contributed by atoms with Gasteiger partial charge < -0.3 is 14.8 Å². The molecular weight excluding hydrogens is 501 g/mol. The quantitative estimate of drug-likeness (QED) is 0.216. The first-order valence-corrected chi connectivity index (χ1v) is 12.7.